The van der Waals surface area contributed by atoms with Crippen LogP contribution in [0.3, 0.4) is 0 Å². The molecular formula is C16H18N2O4. The molecule has 0 bridgehead atoms. The molecule has 1 aromatic carbocycles. The molecule has 0 N–H and O–H groups in total. The molecule has 0 radical (unpaired) electrons. The Morgan fingerprint density at radius 1 is 1.05 bits per heavy atom. The minimum Gasteiger partial charge on any atom is -0.493 e. The van der Waals surface area contributed by atoms with E-state index < -0.39 is 0 Å². The zero-order valence-corrected chi connectivity index (χ0v) is 13.3. The highest BCUT2D eigenvalue weighted by molar-refractivity contribution is 6.06. The summed E-state index contributed by atoms with van der Waals surface area (Å²) in [4.78, 5) is 23.5. The van der Waals surface area contributed by atoms with Gasteiger partial charge in [0.05, 0.1) is 31.2 Å². The lowest BCUT2D eigenvalue weighted by atomic mass is 10.1. The number of hydrogen-bond donors (Lipinski definition) is 0. The molecule has 0 atom stereocenters. The molecule has 2 rings (SSSR count). The molecule has 0 aliphatic rings. The van der Waals surface area contributed by atoms with Crippen molar-refractivity contribution >= 4 is 11.6 Å². The molecule has 1 heterocycles. The van der Waals surface area contributed by atoms with E-state index in [0.29, 0.717) is 28.4 Å². The summed E-state index contributed by atoms with van der Waals surface area (Å²) in [5.74, 6) is 0.709. The van der Waals surface area contributed by atoms with Gasteiger partial charge in [-0.3, -0.25) is 9.59 Å². The predicted octanol–water partition coefficient (Wildman–Crippen LogP) is 2.60. The van der Waals surface area contributed by atoms with Crippen LogP contribution in [0.25, 0.3) is 5.69 Å². The standard InChI is InChI=1S/C16H18N2O4/c1-9-15(10(2)19)16(11(3)20)17-18(9)12-6-7-13(21-4)14(8-12)22-5/h6-8H,1-5H3. The number of hydrogen-bond acceptors (Lipinski definition) is 5. The number of carbonyl (C=O) groups excluding carboxylic acids is 2. The summed E-state index contributed by atoms with van der Waals surface area (Å²) in [5.41, 5.74) is 1.83. The molecule has 6 nitrogen and oxygen atoms in total. The van der Waals surface area contributed by atoms with Crippen LogP contribution in [-0.4, -0.2) is 35.6 Å². The second-order valence-electron chi connectivity index (χ2n) is 4.87. The van der Waals surface area contributed by atoms with Crippen molar-refractivity contribution < 1.29 is 19.1 Å². The average molecular weight is 302 g/mol. The van der Waals surface area contributed by atoms with Gasteiger partial charge < -0.3 is 9.47 Å². The number of ketones is 2. The fraction of sp³-hybridized carbons (Fsp3) is 0.312. The molecule has 0 fully saturated rings. The maximum atomic E-state index is 11.8. The molecule has 0 unspecified atom stereocenters. The summed E-state index contributed by atoms with van der Waals surface area (Å²) in [6.07, 6.45) is 0. The van der Waals surface area contributed by atoms with Gasteiger partial charge in [0.1, 0.15) is 5.69 Å². The molecule has 0 spiro atoms. The fourth-order valence-corrected chi connectivity index (χ4v) is 2.38. The van der Waals surface area contributed by atoms with E-state index in [1.54, 1.807) is 44.0 Å². The highest BCUT2D eigenvalue weighted by Gasteiger charge is 2.22. The normalized spacial score (nSPS) is 10.4. The van der Waals surface area contributed by atoms with Crippen molar-refractivity contribution in [3.8, 4) is 17.2 Å². The van der Waals surface area contributed by atoms with Gasteiger partial charge in [-0.25, -0.2) is 4.68 Å². The van der Waals surface area contributed by atoms with Crippen molar-refractivity contribution in [1.29, 1.82) is 0 Å². The van der Waals surface area contributed by atoms with Crippen LogP contribution in [-0.2, 0) is 0 Å². The van der Waals surface area contributed by atoms with Crippen LogP contribution >= 0.6 is 0 Å². The van der Waals surface area contributed by atoms with Crippen LogP contribution in [0.1, 0.15) is 40.4 Å². The van der Waals surface area contributed by atoms with Gasteiger partial charge in [-0.1, -0.05) is 0 Å². The summed E-state index contributed by atoms with van der Waals surface area (Å²) in [6.45, 7) is 4.58. The topological polar surface area (TPSA) is 70.4 Å². The van der Waals surface area contributed by atoms with Crippen molar-refractivity contribution in [2.24, 2.45) is 0 Å². The van der Waals surface area contributed by atoms with Crippen molar-refractivity contribution in [2.45, 2.75) is 20.8 Å². The van der Waals surface area contributed by atoms with E-state index in [0.717, 1.165) is 0 Å². The third kappa shape index (κ3) is 2.59. The van der Waals surface area contributed by atoms with Crippen LogP contribution in [0.2, 0.25) is 0 Å². The first-order chi connectivity index (χ1) is 10.4. The maximum Gasteiger partial charge on any atom is 0.180 e. The van der Waals surface area contributed by atoms with Crippen LogP contribution in [0.5, 0.6) is 11.5 Å². The molecule has 0 saturated heterocycles. The Balaban J connectivity index is 2.65. The van der Waals surface area contributed by atoms with Crippen molar-refractivity contribution in [1.82, 2.24) is 9.78 Å². The minimum absolute atomic E-state index is 0.180. The molecule has 0 saturated carbocycles. The Morgan fingerprint density at radius 3 is 2.14 bits per heavy atom. The molecule has 2 aromatic rings. The van der Waals surface area contributed by atoms with Gasteiger partial charge in [0.15, 0.2) is 23.1 Å². The van der Waals surface area contributed by atoms with E-state index in [4.69, 9.17) is 9.47 Å². The Kier molecular flexibility index (Phi) is 4.30. The number of aromatic nitrogens is 2. The van der Waals surface area contributed by atoms with E-state index in [-0.39, 0.29) is 17.3 Å². The van der Waals surface area contributed by atoms with Crippen molar-refractivity contribution in [3.05, 3.63) is 35.2 Å². The first-order valence-corrected chi connectivity index (χ1v) is 6.74. The first-order valence-electron chi connectivity index (χ1n) is 6.74. The summed E-state index contributed by atoms with van der Waals surface area (Å²) >= 11 is 0. The number of Topliss-reactive ketones (excluding diaryl/α,β-unsaturated/α-hetero) is 2. The molecule has 0 amide bonds. The average Bonchev–Trinajstić information content (AvgIpc) is 2.84. The second kappa shape index (κ2) is 6.01. The van der Waals surface area contributed by atoms with Crippen LogP contribution in [0, 0.1) is 6.92 Å². The predicted molar refractivity (Wildman–Crippen MR) is 81.4 cm³/mol. The Hall–Kier alpha value is -2.63. The van der Waals surface area contributed by atoms with Gasteiger partial charge in [-0.2, -0.15) is 5.10 Å². The third-order valence-corrected chi connectivity index (χ3v) is 3.41. The number of methoxy groups -OCH3 is 2. The van der Waals surface area contributed by atoms with E-state index in [1.807, 2.05) is 0 Å². The molecule has 0 aliphatic heterocycles. The lowest BCUT2D eigenvalue weighted by Crippen LogP contribution is -2.02. The Labute approximate surface area is 128 Å². The van der Waals surface area contributed by atoms with Gasteiger partial charge in [-0.15, -0.1) is 0 Å². The van der Waals surface area contributed by atoms with E-state index in [2.05, 4.69) is 5.10 Å². The van der Waals surface area contributed by atoms with E-state index in [9.17, 15) is 9.59 Å². The van der Waals surface area contributed by atoms with Gasteiger partial charge in [0.25, 0.3) is 0 Å². The maximum absolute atomic E-state index is 11.8. The van der Waals surface area contributed by atoms with Crippen LogP contribution in [0.15, 0.2) is 18.2 Å². The highest BCUT2D eigenvalue weighted by Crippen LogP contribution is 2.30. The first kappa shape index (κ1) is 15.8. The molecule has 0 aliphatic carbocycles. The van der Waals surface area contributed by atoms with Gasteiger partial charge >= 0.3 is 0 Å². The molecule has 6 heteroatoms. The lowest BCUT2D eigenvalue weighted by molar-refractivity contribution is 0.0978. The van der Waals surface area contributed by atoms with Crippen molar-refractivity contribution in [2.75, 3.05) is 14.2 Å². The monoisotopic (exact) mass is 302 g/mol. The number of ether oxygens (including phenoxy) is 2. The van der Waals surface area contributed by atoms with Crippen LogP contribution < -0.4 is 9.47 Å². The summed E-state index contributed by atoms with van der Waals surface area (Å²) in [5, 5.41) is 4.28. The van der Waals surface area contributed by atoms with Crippen molar-refractivity contribution in [3.63, 3.8) is 0 Å². The number of benzene rings is 1. The van der Waals surface area contributed by atoms with Gasteiger partial charge in [0, 0.05) is 13.0 Å². The number of rotatable bonds is 5. The Morgan fingerprint density at radius 2 is 1.68 bits per heavy atom. The highest BCUT2D eigenvalue weighted by atomic mass is 16.5. The number of carbonyl (C=O) groups is 2. The minimum atomic E-state index is -0.243. The van der Waals surface area contributed by atoms with E-state index >= 15 is 0 Å². The van der Waals surface area contributed by atoms with E-state index in [1.165, 1.54) is 13.8 Å². The summed E-state index contributed by atoms with van der Waals surface area (Å²) in [7, 11) is 3.10. The smallest absolute Gasteiger partial charge is 0.180 e. The molecule has 1 aromatic heterocycles. The number of nitrogens with zero attached hydrogens (tertiary/aromatic N) is 2. The van der Waals surface area contributed by atoms with Crippen LogP contribution in [0.4, 0.5) is 0 Å². The largest absolute Gasteiger partial charge is 0.493 e. The van der Waals surface area contributed by atoms with Gasteiger partial charge in [-0.05, 0) is 26.0 Å². The quantitative estimate of drug-likeness (QED) is 0.794. The lowest BCUT2D eigenvalue weighted by Gasteiger charge is -2.10. The Bertz CT molecular complexity index is 747. The zero-order chi connectivity index (χ0) is 16.4. The molecule has 116 valence electrons. The SMILES string of the molecule is COc1ccc(-n2nc(C(C)=O)c(C(C)=O)c2C)cc1OC. The molecule has 22 heavy (non-hydrogen) atoms. The second-order valence-corrected chi connectivity index (χ2v) is 4.87. The fourth-order valence-electron chi connectivity index (χ4n) is 2.38. The third-order valence-electron chi connectivity index (χ3n) is 3.41. The van der Waals surface area contributed by atoms with Gasteiger partial charge in [0.2, 0.25) is 0 Å². The summed E-state index contributed by atoms with van der Waals surface area (Å²) < 4.78 is 12.0. The zero-order valence-electron chi connectivity index (χ0n) is 13.3. The molecular weight excluding hydrogens is 284 g/mol. The summed E-state index contributed by atoms with van der Waals surface area (Å²) in [6, 6.07) is 5.28.